The number of aromatic nitrogens is 3. The summed E-state index contributed by atoms with van der Waals surface area (Å²) < 4.78 is 2.43. The van der Waals surface area contributed by atoms with Gasteiger partial charge in [0.15, 0.2) is 4.73 Å². The molecule has 90 valence electrons. The first-order valence-corrected chi connectivity index (χ1v) is 6.19. The van der Waals surface area contributed by atoms with Gasteiger partial charge in [-0.15, -0.1) is 5.10 Å². The van der Waals surface area contributed by atoms with Gasteiger partial charge in [-0.25, -0.2) is 4.68 Å². The van der Waals surface area contributed by atoms with Crippen molar-refractivity contribution in [3.05, 3.63) is 39.1 Å². The maximum Gasteiger partial charge on any atom is 0.240 e. The Balaban J connectivity index is 2.39. The Hall–Kier alpha value is -1.36. The number of hydrogen-bond acceptors (Lipinski definition) is 3. The lowest BCUT2D eigenvalue weighted by Gasteiger charge is -2.11. The van der Waals surface area contributed by atoms with Crippen LogP contribution in [0.4, 0.5) is 5.95 Å². The van der Waals surface area contributed by atoms with E-state index in [1.54, 1.807) is 4.68 Å². The van der Waals surface area contributed by atoms with Gasteiger partial charge in [0.1, 0.15) is 0 Å². The molecule has 0 amide bonds. The van der Waals surface area contributed by atoms with Crippen molar-refractivity contribution in [2.75, 3.05) is 5.73 Å². The Morgan fingerprint density at radius 3 is 2.29 bits per heavy atom. The summed E-state index contributed by atoms with van der Waals surface area (Å²) in [5, 5.41) is 4.15. The van der Waals surface area contributed by atoms with Gasteiger partial charge >= 0.3 is 0 Å². The summed E-state index contributed by atoms with van der Waals surface area (Å²) in [7, 11) is 0. The summed E-state index contributed by atoms with van der Waals surface area (Å²) in [5.74, 6) is 0.291. The molecule has 4 nitrogen and oxygen atoms in total. The van der Waals surface area contributed by atoms with E-state index in [0.29, 0.717) is 17.2 Å². The van der Waals surface area contributed by atoms with Gasteiger partial charge in [-0.2, -0.15) is 4.98 Å². The molecular formula is C12H15BrN4. The van der Waals surface area contributed by atoms with Crippen molar-refractivity contribution < 1.29 is 0 Å². The lowest BCUT2D eigenvalue weighted by molar-refractivity contribution is 0.664. The van der Waals surface area contributed by atoms with Crippen LogP contribution >= 0.6 is 15.9 Å². The molecule has 17 heavy (non-hydrogen) atoms. The van der Waals surface area contributed by atoms with Crippen LogP contribution in [0.5, 0.6) is 0 Å². The maximum absolute atomic E-state index is 5.56. The Morgan fingerprint density at radius 2 is 1.82 bits per heavy atom. The fraction of sp³-hybridized carbons (Fsp3) is 0.333. The van der Waals surface area contributed by atoms with Gasteiger partial charge in [-0.1, -0.05) is 17.7 Å². The number of nitrogen functional groups attached to an aromatic ring is 1. The van der Waals surface area contributed by atoms with Crippen LogP contribution in [0, 0.1) is 20.8 Å². The molecule has 5 heteroatoms. The lowest BCUT2D eigenvalue weighted by atomic mass is 10.00. The summed E-state index contributed by atoms with van der Waals surface area (Å²) in [4.78, 5) is 4.03. The van der Waals surface area contributed by atoms with Crippen LogP contribution in [-0.2, 0) is 6.54 Å². The number of nitrogens with zero attached hydrogens (tertiary/aromatic N) is 3. The van der Waals surface area contributed by atoms with Gasteiger partial charge in [0.05, 0.1) is 6.54 Å². The van der Waals surface area contributed by atoms with Crippen molar-refractivity contribution in [1.82, 2.24) is 14.8 Å². The molecule has 0 aliphatic carbocycles. The zero-order valence-corrected chi connectivity index (χ0v) is 11.7. The van der Waals surface area contributed by atoms with E-state index in [9.17, 15) is 0 Å². The molecule has 0 saturated carbocycles. The van der Waals surface area contributed by atoms with E-state index in [1.165, 1.54) is 22.3 Å². The predicted octanol–water partition coefficient (Wildman–Crippen LogP) is 2.60. The van der Waals surface area contributed by atoms with Gasteiger partial charge in [0, 0.05) is 0 Å². The monoisotopic (exact) mass is 294 g/mol. The molecule has 0 unspecified atom stereocenters. The minimum atomic E-state index is 0.291. The molecule has 0 fully saturated rings. The highest BCUT2D eigenvalue weighted by Crippen LogP contribution is 2.19. The minimum absolute atomic E-state index is 0.291. The molecule has 0 bridgehead atoms. The molecule has 2 N–H and O–H groups in total. The molecule has 0 saturated heterocycles. The van der Waals surface area contributed by atoms with E-state index in [1.807, 2.05) is 0 Å². The van der Waals surface area contributed by atoms with E-state index in [2.05, 4.69) is 58.9 Å². The normalized spacial score (nSPS) is 10.8. The summed E-state index contributed by atoms with van der Waals surface area (Å²) in [6, 6.07) is 4.35. The molecule has 0 aliphatic heterocycles. The molecule has 2 rings (SSSR count). The molecule has 1 aromatic carbocycles. The van der Waals surface area contributed by atoms with Gasteiger partial charge < -0.3 is 5.73 Å². The number of hydrogen-bond donors (Lipinski definition) is 1. The number of benzene rings is 1. The Kier molecular flexibility index (Phi) is 3.19. The highest BCUT2D eigenvalue weighted by molar-refractivity contribution is 9.10. The number of rotatable bonds is 2. The van der Waals surface area contributed by atoms with Crippen molar-refractivity contribution in [3.8, 4) is 0 Å². The smallest absolute Gasteiger partial charge is 0.240 e. The van der Waals surface area contributed by atoms with Crippen LogP contribution in [0.1, 0.15) is 22.3 Å². The molecule has 0 spiro atoms. The average molecular weight is 295 g/mol. The predicted molar refractivity (Wildman–Crippen MR) is 71.9 cm³/mol. The summed E-state index contributed by atoms with van der Waals surface area (Å²) in [5.41, 5.74) is 10.6. The third-order valence-electron chi connectivity index (χ3n) is 2.79. The third kappa shape index (κ3) is 2.49. The molecule has 0 radical (unpaired) electrons. The summed E-state index contributed by atoms with van der Waals surface area (Å²) in [6.45, 7) is 7.02. The standard InChI is InChI=1S/C12H15BrN4/c1-7-4-8(2)10(9(3)5-7)6-17-11(13)15-12(14)16-17/h4-5H,6H2,1-3H3,(H2,14,16). The van der Waals surface area contributed by atoms with E-state index < -0.39 is 0 Å². The van der Waals surface area contributed by atoms with Crippen molar-refractivity contribution in [2.45, 2.75) is 27.3 Å². The zero-order chi connectivity index (χ0) is 12.6. The number of nitrogens with two attached hydrogens (primary N) is 1. The third-order valence-corrected chi connectivity index (χ3v) is 3.38. The van der Waals surface area contributed by atoms with Crippen LogP contribution in [0.25, 0.3) is 0 Å². The van der Waals surface area contributed by atoms with E-state index in [0.717, 1.165) is 0 Å². The molecule has 1 aromatic heterocycles. The second-order valence-electron chi connectivity index (χ2n) is 4.27. The van der Waals surface area contributed by atoms with E-state index in [4.69, 9.17) is 5.73 Å². The van der Waals surface area contributed by atoms with E-state index in [-0.39, 0.29) is 0 Å². The second-order valence-corrected chi connectivity index (χ2v) is 4.98. The van der Waals surface area contributed by atoms with Gasteiger partial charge in [-0.05, 0) is 53.4 Å². The second kappa shape index (κ2) is 4.49. The van der Waals surface area contributed by atoms with Crippen molar-refractivity contribution in [3.63, 3.8) is 0 Å². The van der Waals surface area contributed by atoms with Gasteiger partial charge in [-0.3, -0.25) is 0 Å². The Bertz CT molecular complexity index is 537. The number of aryl methyl sites for hydroxylation is 3. The van der Waals surface area contributed by atoms with Crippen LogP contribution in [-0.4, -0.2) is 14.8 Å². The van der Waals surface area contributed by atoms with Crippen LogP contribution < -0.4 is 5.73 Å². The Labute approximate surface area is 109 Å². The SMILES string of the molecule is Cc1cc(C)c(Cn2nc(N)nc2Br)c(C)c1. The molecule has 0 aliphatic rings. The van der Waals surface area contributed by atoms with Crippen LogP contribution in [0.2, 0.25) is 0 Å². The van der Waals surface area contributed by atoms with Gasteiger partial charge in [0.25, 0.3) is 0 Å². The van der Waals surface area contributed by atoms with Crippen LogP contribution in [0.15, 0.2) is 16.9 Å². The average Bonchev–Trinajstić information content (AvgIpc) is 2.51. The minimum Gasteiger partial charge on any atom is -0.366 e. The lowest BCUT2D eigenvalue weighted by Crippen LogP contribution is -2.06. The molecule has 1 heterocycles. The largest absolute Gasteiger partial charge is 0.366 e. The quantitative estimate of drug-likeness (QED) is 0.926. The number of halogens is 1. The first kappa shape index (κ1) is 12.1. The summed E-state index contributed by atoms with van der Waals surface area (Å²) in [6.07, 6.45) is 0. The van der Waals surface area contributed by atoms with Gasteiger partial charge in [0.2, 0.25) is 5.95 Å². The van der Waals surface area contributed by atoms with Crippen molar-refractivity contribution >= 4 is 21.9 Å². The summed E-state index contributed by atoms with van der Waals surface area (Å²) >= 11 is 3.35. The highest BCUT2D eigenvalue weighted by Gasteiger charge is 2.09. The fourth-order valence-electron chi connectivity index (χ4n) is 2.05. The maximum atomic E-state index is 5.56. The molecule has 2 aromatic rings. The highest BCUT2D eigenvalue weighted by atomic mass is 79.9. The zero-order valence-electron chi connectivity index (χ0n) is 10.2. The Morgan fingerprint density at radius 1 is 1.24 bits per heavy atom. The number of anilines is 1. The molecule has 0 atom stereocenters. The first-order valence-electron chi connectivity index (χ1n) is 5.40. The molecular weight excluding hydrogens is 280 g/mol. The van der Waals surface area contributed by atoms with E-state index >= 15 is 0 Å². The van der Waals surface area contributed by atoms with Crippen molar-refractivity contribution in [2.24, 2.45) is 0 Å². The first-order chi connectivity index (χ1) is 7.97. The van der Waals surface area contributed by atoms with Crippen molar-refractivity contribution in [1.29, 1.82) is 0 Å². The van der Waals surface area contributed by atoms with Crippen LogP contribution in [0.3, 0.4) is 0 Å². The topological polar surface area (TPSA) is 56.7 Å². The fourth-order valence-corrected chi connectivity index (χ4v) is 2.44.